The third-order valence-corrected chi connectivity index (χ3v) is 5.26. The summed E-state index contributed by atoms with van der Waals surface area (Å²) in [5, 5.41) is 16.9. The van der Waals surface area contributed by atoms with Gasteiger partial charge in [-0.1, -0.05) is 12.1 Å². The van der Waals surface area contributed by atoms with Gasteiger partial charge in [-0.15, -0.1) is 0 Å². The molecule has 7 nitrogen and oxygen atoms in total. The van der Waals surface area contributed by atoms with Crippen LogP contribution in [0.25, 0.3) is 0 Å². The summed E-state index contributed by atoms with van der Waals surface area (Å²) in [6.07, 6.45) is 4.70. The number of nitrogens with one attached hydrogen (secondary N) is 2. The molecular weight excluding hydrogens is 366 g/mol. The van der Waals surface area contributed by atoms with E-state index in [0.717, 1.165) is 43.3 Å². The predicted octanol–water partition coefficient (Wildman–Crippen LogP) is 2.48. The fraction of sp³-hybridized carbons (Fsp3) is 0.455. The molecule has 1 aliphatic rings. The van der Waals surface area contributed by atoms with E-state index in [2.05, 4.69) is 44.6 Å². The normalized spacial score (nSPS) is 15.3. The van der Waals surface area contributed by atoms with E-state index in [1.165, 1.54) is 5.56 Å². The third-order valence-electron chi connectivity index (χ3n) is 5.26. The van der Waals surface area contributed by atoms with Gasteiger partial charge in [-0.05, 0) is 49.4 Å². The van der Waals surface area contributed by atoms with E-state index in [4.69, 9.17) is 4.74 Å². The molecule has 1 saturated heterocycles. The zero-order chi connectivity index (χ0) is 20.6. The van der Waals surface area contributed by atoms with Gasteiger partial charge >= 0.3 is 0 Å². The van der Waals surface area contributed by atoms with Crippen molar-refractivity contribution in [2.45, 2.75) is 32.2 Å². The Hall–Kier alpha value is -2.96. The number of aromatic nitrogens is 1. The Morgan fingerprint density at radius 2 is 2.07 bits per heavy atom. The topological polar surface area (TPSA) is 82.0 Å². The molecule has 2 heterocycles. The molecule has 2 aromatic rings. The molecule has 0 amide bonds. The molecular formula is C22H31N5O2. The van der Waals surface area contributed by atoms with Gasteiger partial charge in [-0.3, -0.25) is 4.99 Å². The zero-order valence-corrected chi connectivity index (χ0v) is 17.5. The molecule has 1 fully saturated rings. The fourth-order valence-corrected chi connectivity index (χ4v) is 3.49. The minimum Gasteiger partial charge on any atom is -0.508 e. The van der Waals surface area contributed by atoms with Crippen molar-refractivity contribution in [3.8, 4) is 11.5 Å². The number of phenols is 1. The lowest BCUT2D eigenvalue weighted by Gasteiger charge is -2.33. The van der Waals surface area contributed by atoms with Crippen LogP contribution in [0.5, 0.6) is 11.5 Å². The quantitative estimate of drug-likeness (QED) is 0.513. The maximum atomic E-state index is 10.1. The number of hydrogen-bond acceptors (Lipinski definition) is 5. The molecule has 0 saturated carbocycles. The van der Waals surface area contributed by atoms with Gasteiger partial charge in [0.1, 0.15) is 17.3 Å². The number of aromatic hydroxyl groups is 1. The predicted molar refractivity (Wildman–Crippen MR) is 117 cm³/mol. The molecule has 1 aliphatic heterocycles. The van der Waals surface area contributed by atoms with Crippen molar-refractivity contribution in [1.82, 2.24) is 15.6 Å². The SMILES string of the molecule is CN=C(NCCc1ccc(OC)cc1O)NC1CCN(c2ccc(C)cn2)CC1. The van der Waals surface area contributed by atoms with Crippen LogP contribution in [-0.2, 0) is 6.42 Å². The summed E-state index contributed by atoms with van der Waals surface area (Å²) in [5.41, 5.74) is 2.07. The number of ether oxygens (including phenoxy) is 1. The smallest absolute Gasteiger partial charge is 0.191 e. The highest BCUT2D eigenvalue weighted by molar-refractivity contribution is 5.80. The summed E-state index contributed by atoms with van der Waals surface area (Å²) < 4.78 is 5.12. The van der Waals surface area contributed by atoms with Gasteiger partial charge in [0.2, 0.25) is 0 Å². The highest BCUT2D eigenvalue weighted by Gasteiger charge is 2.20. The fourth-order valence-electron chi connectivity index (χ4n) is 3.49. The van der Waals surface area contributed by atoms with E-state index >= 15 is 0 Å². The molecule has 0 spiro atoms. The van der Waals surface area contributed by atoms with Crippen molar-refractivity contribution in [3.05, 3.63) is 47.7 Å². The van der Waals surface area contributed by atoms with Crippen LogP contribution in [0.15, 0.2) is 41.5 Å². The Balaban J connectivity index is 1.43. The molecule has 0 aliphatic carbocycles. The summed E-state index contributed by atoms with van der Waals surface area (Å²) >= 11 is 0. The standard InChI is InChI=1S/C22H31N5O2/c1-16-4-7-21(25-15-16)27-12-9-18(10-13-27)26-22(23-2)24-11-8-17-5-6-19(29-3)14-20(17)28/h4-7,14-15,18,28H,8-13H2,1-3H3,(H2,23,24,26). The van der Waals surface area contributed by atoms with Gasteiger partial charge < -0.3 is 25.4 Å². The Morgan fingerprint density at radius 1 is 1.28 bits per heavy atom. The number of phenolic OH excluding ortho intramolecular Hbond substituents is 1. The lowest BCUT2D eigenvalue weighted by atomic mass is 10.1. The first kappa shape index (κ1) is 20.8. The first-order chi connectivity index (χ1) is 14.1. The number of anilines is 1. The summed E-state index contributed by atoms with van der Waals surface area (Å²) in [5.74, 6) is 2.76. The van der Waals surface area contributed by atoms with Crippen LogP contribution in [0.2, 0.25) is 0 Å². The van der Waals surface area contributed by atoms with E-state index < -0.39 is 0 Å². The van der Waals surface area contributed by atoms with Crippen molar-refractivity contribution < 1.29 is 9.84 Å². The van der Waals surface area contributed by atoms with Crippen LogP contribution >= 0.6 is 0 Å². The maximum absolute atomic E-state index is 10.1. The molecule has 0 unspecified atom stereocenters. The summed E-state index contributed by atoms with van der Waals surface area (Å²) in [7, 11) is 3.37. The van der Waals surface area contributed by atoms with Crippen LogP contribution < -0.4 is 20.3 Å². The lowest BCUT2D eigenvalue weighted by molar-refractivity contribution is 0.406. The molecule has 7 heteroatoms. The minimum atomic E-state index is 0.256. The molecule has 1 aromatic heterocycles. The van der Waals surface area contributed by atoms with Crippen LogP contribution in [-0.4, -0.2) is 55.9 Å². The van der Waals surface area contributed by atoms with Gasteiger partial charge in [0, 0.05) is 45.0 Å². The lowest BCUT2D eigenvalue weighted by Crippen LogP contribution is -2.49. The largest absolute Gasteiger partial charge is 0.508 e. The maximum Gasteiger partial charge on any atom is 0.191 e. The van der Waals surface area contributed by atoms with E-state index in [-0.39, 0.29) is 5.75 Å². The second-order valence-corrected chi connectivity index (χ2v) is 7.34. The van der Waals surface area contributed by atoms with Gasteiger partial charge in [0.05, 0.1) is 7.11 Å². The van der Waals surface area contributed by atoms with E-state index in [1.54, 1.807) is 20.2 Å². The zero-order valence-electron chi connectivity index (χ0n) is 17.5. The van der Waals surface area contributed by atoms with Crippen LogP contribution in [0.1, 0.15) is 24.0 Å². The minimum absolute atomic E-state index is 0.256. The van der Waals surface area contributed by atoms with Gasteiger partial charge in [0.25, 0.3) is 0 Å². The molecule has 0 radical (unpaired) electrons. The highest BCUT2D eigenvalue weighted by atomic mass is 16.5. The van der Waals surface area contributed by atoms with E-state index in [0.29, 0.717) is 24.8 Å². The number of aryl methyl sites for hydroxylation is 1. The molecule has 29 heavy (non-hydrogen) atoms. The van der Waals surface area contributed by atoms with Crippen molar-refractivity contribution in [2.75, 3.05) is 38.7 Å². The van der Waals surface area contributed by atoms with E-state index in [1.807, 2.05) is 18.3 Å². The number of aliphatic imine (C=N–C) groups is 1. The molecule has 0 atom stereocenters. The van der Waals surface area contributed by atoms with Crippen molar-refractivity contribution in [2.24, 2.45) is 4.99 Å². The molecule has 156 valence electrons. The number of benzene rings is 1. The van der Waals surface area contributed by atoms with Crippen LogP contribution in [0, 0.1) is 6.92 Å². The van der Waals surface area contributed by atoms with Gasteiger partial charge in [0.15, 0.2) is 5.96 Å². The molecule has 0 bridgehead atoms. The second-order valence-electron chi connectivity index (χ2n) is 7.34. The van der Waals surface area contributed by atoms with Gasteiger partial charge in [-0.25, -0.2) is 4.98 Å². The number of hydrogen-bond donors (Lipinski definition) is 3. The number of guanidine groups is 1. The monoisotopic (exact) mass is 397 g/mol. The Kier molecular flexibility index (Phi) is 7.16. The molecule has 3 rings (SSSR count). The Bertz CT molecular complexity index is 814. The summed E-state index contributed by atoms with van der Waals surface area (Å²) in [6.45, 7) is 4.70. The number of rotatable bonds is 6. The van der Waals surface area contributed by atoms with Gasteiger partial charge in [-0.2, -0.15) is 0 Å². The first-order valence-electron chi connectivity index (χ1n) is 10.1. The molecule has 1 aromatic carbocycles. The van der Waals surface area contributed by atoms with Crippen LogP contribution in [0.3, 0.4) is 0 Å². The Labute approximate surface area is 172 Å². The summed E-state index contributed by atoms with van der Waals surface area (Å²) in [4.78, 5) is 11.2. The number of methoxy groups -OCH3 is 1. The average molecular weight is 398 g/mol. The van der Waals surface area contributed by atoms with Crippen LogP contribution in [0.4, 0.5) is 5.82 Å². The number of nitrogens with zero attached hydrogens (tertiary/aromatic N) is 3. The number of pyridine rings is 1. The van der Waals surface area contributed by atoms with E-state index in [9.17, 15) is 5.11 Å². The highest BCUT2D eigenvalue weighted by Crippen LogP contribution is 2.23. The summed E-state index contributed by atoms with van der Waals surface area (Å²) in [6, 6.07) is 9.98. The molecule has 3 N–H and O–H groups in total. The third kappa shape index (κ3) is 5.76. The second kappa shape index (κ2) is 10.0. The van der Waals surface area contributed by atoms with Crippen molar-refractivity contribution >= 4 is 11.8 Å². The van der Waals surface area contributed by atoms with Crippen molar-refractivity contribution in [3.63, 3.8) is 0 Å². The Morgan fingerprint density at radius 3 is 2.69 bits per heavy atom. The number of piperidine rings is 1. The average Bonchev–Trinajstić information content (AvgIpc) is 2.75. The van der Waals surface area contributed by atoms with Crippen molar-refractivity contribution in [1.29, 1.82) is 0 Å². The first-order valence-corrected chi connectivity index (χ1v) is 10.1.